The van der Waals surface area contributed by atoms with Crippen LogP contribution in [0.15, 0.2) is 53.4 Å². The Bertz CT molecular complexity index is 639. The highest BCUT2D eigenvalue weighted by Crippen LogP contribution is 2.25. The van der Waals surface area contributed by atoms with Crippen LogP contribution >= 0.6 is 23.4 Å². The van der Waals surface area contributed by atoms with Gasteiger partial charge in [0.05, 0.1) is 11.3 Å². The average Bonchev–Trinajstić information content (AvgIpc) is 2.56. The molecule has 23 heavy (non-hydrogen) atoms. The number of carbonyl (C=O) groups excluding carboxylic acids is 1. The zero-order valence-corrected chi connectivity index (χ0v) is 15.2. The van der Waals surface area contributed by atoms with Gasteiger partial charge in [0.1, 0.15) is 0 Å². The molecule has 0 saturated heterocycles. The SMILES string of the molecule is CCc1ccc([C@H](C)NC(=O)[C@@H](C)Sc2ccc(Cl)cc2)cc1. The minimum Gasteiger partial charge on any atom is -0.349 e. The molecule has 2 aromatic rings. The van der Waals surface area contributed by atoms with Crippen LogP contribution in [0, 0.1) is 0 Å². The van der Waals surface area contributed by atoms with E-state index in [1.807, 2.05) is 38.1 Å². The first-order valence-corrected chi connectivity index (χ1v) is 9.06. The summed E-state index contributed by atoms with van der Waals surface area (Å²) in [5, 5.41) is 3.62. The van der Waals surface area contributed by atoms with Crippen LogP contribution in [0.3, 0.4) is 0 Å². The molecule has 0 aliphatic rings. The summed E-state index contributed by atoms with van der Waals surface area (Å²) in [5.74, 6) is 0.0389. The van der Waals surface area contributed by atoms with Gasteiger partial charge in [-0.05, 0) is 55.7 Å². The molecule has 0 fully saturated rings. The van der Waals surface area contributed by atoms with Gasteiger partial charge in [0.25, 0.3) is 0 Å². The van der Waals surface area contributed by atoms with Crippen molar-refractivity contribution in [3.63, 3.8) is 0 Å². The number of aryl methyl sites for hydroxylation is 1. The number of thioether (sulfide) groups is 1. The normalized spacial score (nSPS) is 13.4. The molecule has 0 spiro atoms. The molecule has 2 nitrogen and oxygen atoms in total. The lowest BCUT2D eigenvalue weighted by atomic mass is 10.0. The van der Waals surface area contributed by atoms with E-state index in [1.54, 1.807) is 0 Å². The summed E-state index contributed by atoms with van der Waals surface area (Å²) < 4.78 is 0. The van der Waals surface area contributed by atoms with Crippen LogP contribution in [0.5, 0.6) is 0 Å². The van der Waals surface area contributed by atoms with Crippen molar-refractivity contribution in [2.75, 3.05) is 0 Å². The molecular weight excluding hydrogens is 326 g/mol. The van der Waals surface area contributed by atoms with Gasteiger partial charge < -0.3 is 5.32 Å². The van der Waals surface area contributed by atoms with E-state index in [0.29, 0.717) is 5.02 Å². The first-order valence-electron chi connectivity index (χ1n) is 7.81. The number of nitrogens with one attached hydrogen (secondary N) is 1. The van der Waals surface area contributed by atoms with E-state index >= 15 is 0 Å². The van der Waals surface area contributed by atoms with Gasteiger partial charge in [-0.15, -0.1) is 11.8 Å². The zero-order valence-electron chi connectivity index (χ0n) is 13.7. The molecular formula is C19H22ClNOS. The quantitative estimate of drug-likeness (QED) is 0.722. The third-order valence-corrected chi connectivity index (χ3v) is 5.11. The van der Waals surface area contributed by atoms with Crippen LogP contribution in [0.1, 0.15) is 37.9 Å². The standard InChI is InChI=1S/C19H22ClNOS/c1-4-15-5-7-16(8-6-15)13(2)21-19(22)14(3)23-18-11-9-17(20)10-12-18/h5-14H,4H2,1-3H3,(H,21,22)/t13-,14+/m0/s1. The number of hydrogen-bond acceptors (Lipinski definition) is 2. The second-order valence-corrected chi connectivity index (χ2v) is 7.39. The van der Waals surface area contributed by atoms with E-state index in [2.05, 4.69) is 36.5 Å². The largest absolute Gasteiger partial charge is 0.349 e. The van der Waals surface area contributed by atoms with Gasteiger partial charge in [0, 0.05) is 9.92 Å². The van der Waals surface area contributed by atoms with Crippen molar-refractivity contribution < 1.29 is 4.79 Å². The number of carbonyl (C=O) groups is 1. The van der Waals surface area contributed by atoms with Gasteiger partial charge in [0.2, 0.25) is 5.91 Å². The van der Waals surface area contributed by atoms with Gasteiger partial charge >= 0.3 is 0 Å². The maximum absolute atomic E-state index is 12.4. The van der Waals surface area contributed by atoms with E-state index in [9.17, 15) is 4.79 Å². The second kappa shape index (κ2) is 8.42. The van der Waals surface area contributed by atoms with E-state index in [4.69, 9.17) is 11.6 Å². The molecule has 0 saturated carbocycles. The van der Waals surface area contributed by atoms with Crippen LogP contribution < -0.4 is 5.32 Å². The fourth-order valence-corrected chi connectivity index (χ4v) is 3.23. The Morgan fingerprint density at radius 3 is 2.26 bits per heavy atom. The Morgan fingerprint density at radius 2 is 1.70 bits per heavy atom. The summed E-state index contributed by atoms with van der Waals surface area (Å²) in [5.41, 5.74) is 2.43. The van der Waals surface area contributed by atoms with Crippen molar-refractivity contribution in [3.05, 3.63) is 64.7 Å². The molecule has 0 radical (unpaired) electrons. The molecule has 1 N–H and O–H groups in total. The Labute approximate surface area is 147 Å². The maximum atomic E-state index is 12.4. The molecule has 0 heterocycles. The van der Waals surface area contributed by atoms with E-state index < -0.39 is 0 Å². The topological polar surface area (TPSA) is 29.1 Å². The predicted octanol–water partition coefficient (Wildman–Crippen LogP) is 5.26. The van der Waals surface area contributed by atoms with Gasteiger partial charge in [-0.2, -0.15) is 0 Å². The Morgan fingerprint density at radius 1 is 1.09 bits per heavy atom. The van der Waals surface area contributed by atoms with Gasteiger partial charge in [-0.1, -0.05) is 42.8 Å². The Kier molecular flexibility index (Phi) is 6.55. The van der Waals surface area contributed by atoms with Crippen molar-refractivity contribution in [1.29, 1.82) is 0 Å². The van der Waals surface area contributed by atoms with Gasteiger partial charge in [0.15, 0.2) is 0 Å². The third kappa shape index (κ3) is 5.29. The highest BCUT2D eigenvalue weighted by Gasteiger charge is 2.17. The average molecular weight is 348 g/mol. The molecule has 0 aliphatic heterocycles. The maximum Gasteiger partial charge on any atom is 0.233 e. The minimum absolute atomic E-state index is 0.00155. The molecule has 2 aromatic carbocycles. The van der Waals surface area contributed by atoms with Crippen LogP contribution in [-0.4, -0.2) is 11.2 Å². The first kappa shape index (κ1) is 17.9. The molecule has 0 bridgehead atoms. The van der Waals surface area contributed by atoms with Crippen LogP contribution in [-0.2, 0) is 11.2 Å². The second-order valence-electron chi connectivity index (χ2n) is 5.54. The van der Waals surface area contributed by atoms with Gasteiger partial charge in [-0.3, -0.25) is 4.79 Å². The highest BCUT2D eigenvalue weighted by molar-refractivity contribution is 8.00. The third-order valence-electron chi connectivity index (χ3n) is 3.74. The fourth-order valence-electron chi connectivity index (χ4n) is 2.23. The van der Waals surface area contributed by atoms with Crippen molar-refractivity contribution in [1.82, 2.24) is 5.32 Å². The highest BCUT2D eigenvalue weighted by atomic mass is 35.5. The number of hydrogen-bond donors (Lipinski definition) is 1. The first-order chi connectivity index (χ1) is 11.0. The Hall–Kier alpha value is -1.45. The molecule has 4 heteroatoms. The lowest BCUT2D eigenvalue weighted by molar-refractivity contribution is -0.120. The number of rotatable bonds is 6. The lowest BCUT2D eigenvalue weighted by Gasteiger charge is -2.18. The van der Waals surface area contributed by atoms with Crippen molar-refractivity contribution in [2.45, 2.75) is 43.4 Å². The molecule has 122 valence electrons. The number of benzene rings is 2. The number of amides is 1. The number of halogens is 1. The molecule has 0 aliphatic carbocycles. The summed E-state index contributed by atoms with van der Waals surface area (Å²) in [7, 11) is 0. The summed E-state index contributed by atoms with van der Waals surface area (Å²) in [6, 6.07) is 15.9. The summed E-state index contributed by atoms with van der Waals surface area (Å²) in [6.07, 6.45) is 1.02. The van der Waals surface area contributed by atoms with Crippen molar-refractivity contribution in [3.8, 4) is 0 Å². The summed E-state index contributed by atoms with van der Waals surface area (Å²) in [6.45, 7) is 6.07. The van der Waals surface area contributed by atoms with Crippen LogP contribution in [0.2, 0.25) is 5.02 Å². The lowest BCUT2D eigenvalue weighted by Crippen LogP contribution is -2.33. The van der Waals surface area contributed by atoms with Crippen LogP contribution in [0.25, 0.3) is 0 Å². The monoisotopic (exact) mass is 347 g/mol. The molecule has 0 unspecified atom stereocenters. The molecule has 2 rings (SSSR count). The molecule has 2 atom stereocenters. The molecule has 0 aromatic heterocycles. The minimum atomic E-state index is -0.159. The fraction of sp³-hybridized carbons (Fsp3) is 0.316. The van der Waals surface area contributed by atoms with E-state index in [0.717, 1.165) is 16.9 Å². The van der Waals surface area contributed by atoms with Crippen molar-refractivity contribution in [2.24, 2.45) is 0 Å². The van der Waals surface area contributed by atoms with E-state index in [-0.39, 0.29) is 17.2 Å². The van der Waals surface area contributed by atoms with Gasteiger partial charge in [-0.25, -0.2) is 0 Å². The van der Waals surface area contributed by atoms with Crippen LogP contribution in [0.4, 0.5) is 0 Å². The smallest absolute Gasteiger partial charge is 0.233 e. The summed E-state index contributed by atoms with van der Waals surface area (Å²) in [4.78, 5) is 13.4. The zero-order chi connectivity index (χ0) is 16.8. The Balaban J connectivity index is 1.92. The van der Waals surface area contributed by atoms with E-state index in [1.165, 1.54) is 17.3 Å². The molecule has 1 amide bonds. The predicted molar refractivity (Wildman–Crippen MR) is 99.1 cm³/mol. The summed E-state index contributed by atoms with van der Waals surface area (Å²) >= 11 is 7.41. The van der Waals surface area contributed by atoms with Crippen molar-refractivity contribution >= 4 is 29.3 Å².